The summed E-state index contributed by atoms with van der Waals surface area (Å²) in [6, 6.07) is 0. The molecule has 0 aliphatic carbocycles. The number of rotatable bonds is 6. The average Bonchev–Trinajstić information content (AvgIpc) is 2.60. The van der Waals surface area contributed by atoms with Crippen LogP contribution in [0.3, 0.4) is 0 Å². The van der Waals surface area contributed by atoms with E-state index in [0.29, 0.717) is 10.9 Å². The van der Waals surface area contributed by atoms with E-state index in [2.05, 4.69) is 23.5 Å². The van der Waals surface area contributed by atoms with Crippen molar-refractivity contribution in [3.8, 4) is 0 Å². The van der Waals surface area contributed by atoms with Crippen LogP contribution in [0.25, 0.3) is 0 Å². The number of anilines is 2. The zero-order valence-electron chi connectivity index (χ0n) is 10.4. The predicted octanol–water partition coefficient (Wildman–Crippen LogP) is 1.98. The lowest BCUT2D eigenvalue weighted by Gasteiger charge is -2.08. The first-order valence-electron chi connectivity index (χ1n) is 5.60. The van der Waals surface area contributed by atoms with Gasteiger partial charge in [0.2, 0.25) is 0 Å². The minimum Gasteiger partial charge on any atom is -0.382 e. The monoisotopic (exact) mass is 277 g/mol. The van der Waals surface area contributed by atoms with Gasteiger partial charge in [-0.1, -0.05) is 20.8 Å². The van der Waals surface area contributed by atoms with Gasteiger partial charge >= 0.3 is 0 Å². The summed E-state index contributed by atoms with van der Waals surface area (Å²) in [4.78, 5) is 0.161. The lowest BCUT2D eigenvalue weighted by molar-refractivity contribution is 0.597. The van der Waals surface area contributed by atoms with Crippen LogP contribution in [-0.4, -0.2) is 25.1 Å². The highest BCUT2D eigenvalue weighted by molar-refractivity contribution is 7.91. The van der Waals surface area contributed by atoms with Crippen molar-refractivity contribution in [3.05, 3.63) is 0 Å². The van der Waals surface area contributed by atoms with E-state index in [1.54, 1.807) is 6.92 Å². The zero-order valence-corrected chi connectivity index (χ0v) is 12.0. The third-order valence-electron chi connectivity index (χ3n) is 2.37. The van der Waals surface area contributed by atoms with Crippen LogP contribution in [0.1, 0.15) is 27.2 Å². The number of nitrogens with zero attached hydrogens (tertiary/aromatic N) is 1. The molecule has 0 saturated heterocycles. The normalized spacial score (nSPS) is 12.0. The number of nitrogens with one attached hydrogen (secondary N) is 1. The van der Waals surface area contributed by atoms with Crippen LogP contribution in [-0.2, 0) is 9.84 Å². The van der Waals surface area contributed by atoms with Gasteiger partial charge in [0.15, 0.2) is 15.7 Å². The zero-order chi connectivity index (χ0) is 13.1. The van der Waals surface area contributed by atoms with Crippen molar-refractivity contribution >= 4 is 32.2 Å². The number of hydrogen-bond donors (Lipinski definition) is 2. The highest BCUT2D eigenvalue weighted by Crippen LogP contribution is 2.32. The molecule has 3 N–H and O–H groups in total. The molecule has 0 unspecified atom stereocenters. The number of aromatic nitrogens is 1. The van der Waals surface area contributed by atoms with E-state index in [1.807, 2.05) is 0 Å². The quantitative estimate of drug-likeness (QED) is 0.830. The Morgan fingerprint density at radius 1 is 1.47 bits per heavy atom. The van der Waals surface area contributed by atoms with Gasteiger partial charge in [-0.2, -0.15) is 4.37 Å². The van der Waals surface area contributed by atoms with E-state index in [0.717, 1.165) is 24.5 Å². The molecule has 1 rings (SSSR count). The molecule has 0 aromatic carbocycles. The molecule has 0 saturated carbocycles. The lowest BCUT2D eigenvalue weighted by Crippen LogP contribution is -2.10. The topological polar surface area (TPSA) is 85.1 Å². The molecule has 0 amide bonds. The standard InChI is InChI=1S/C10H19N3O2S2/c1-4-17(14,15)8-9(11)13-16-10(8)12-6-5-7(2)3/h7,12H,4-6H2,1-3H3,(H2,11,13). The molecule has 0 fully saturated rings. The van der Waals surface area contributed by atoms with Crippen LogP contribution in [0.5, 0.6) is 0 Å². The van der Waals surface area contributed by atoms with Gasteiger partial charge in [-0.15, -0.1) is 0 Å². The summed E-state index contributed by atoms with van der Waals surface area (Å²) in [6.07, 6.45) is 0.976. The van der Waals surface area contributed by atoms with E-state index in [9.17, 15) is 8.42 Å². The van der Waals surface area contributed by atoms with E-state index >= 15 is 0 Å². The first-order chi connectivity index (χ1) is 7.88. The van der Waals surface area contributed by atoms with E-state index < -0.39 is 9.84 Å². The molecule has 0 spiro atoms. The van der Waals surface area contributed by atoms with E-state index in [1.165, 1.54) is 0 Å². The molecule has 5 nitrogen and oxygen atoms in total. The maximum atomic E-state index is 11.8. The van der Waals surface area contributed by atoms with E-state index in [-0.39, 0.29) is 16.5 Å². The smallest absolute Gasteiger partial charge is 0.184 e. The van der Waals surface area contributed by atoms with Crippen molar-refractivity contribution in [1.82, 2.24) is 4.37 Å². The summed E-state index contributed by atoms with van der Waals surface area (Å²) in [5.41, 5.74) is 5.61. The Kier molecular flexibility index (Phi) is 4.76. The van der Waals surface area contributed by atoms with Gasteiger partial charge in [-0.25, -0.2) is 8.42 Å². The van der Waals surface area contributed by atoms with Crippen LogP contribution in [0.2, 0.25) is 0 Å². The third kappa shape index (κ3) is 3.57. The first kappa shape index (κ1) is 14.2. The number of nitrogens with two attached hydrogens (primary N) is 1. The van der Waals surface area contributed by atoms with Crippen molar-refractivity contribution < 1.29 is 8.42 Å². The molecule has 0 aliphatic heterocycles. The Bertz CT molecular complexity index is 466. The van der Waals surface area contributed by atoms with Crippen molar-refractivity contribution in [2.75, 3.05) is 23.3 Å². The summed E-state index contributed by atoms with van der Waals surface area (Å²) in [5, 5.41) is 3.66. The predicted molar refractivity (Wildman–Crippen MR) is 72.2 cm³/mol. The highest BCUT2D eigenvalue weighted by Gasteiger charge is 2.23. The second-order valence-corrected chi connectivity index (χ2v) is 7.23. The second kappa shape index (κ2) is 5.68. The molecule has 98 valence electrons. The van der Waals surface area contributed by atoms with Crippen LogP contribution >= 0.6 is 11.5 Å². The van der Waals surface area contributed by atoms with Gasteiger partial charge in [-0.3, -0.25) is 0 Å². The molecular formula is C10H19N3O2S2. The summed E-state index contributed by atoms with van der Waals surface area (Å²) >= 11 is 1.10. The molecule has 7 heteroatoms. The van der Waals surface area contributed by atoms with Crippen LogP contribution in [0.15, 0.2) is 4.90 Å². The fraction of sp³-hybridized carbons (Fsp3) is 0.700. The van der Waals surface area contributed by atoms with Crippen molar-refractivity contribution in [2.45, 2.75) is 32.1 Å². The molecule has 1 aromatic rings. The largest absolute Gasteiger partial charge is 0.382 e. The minimum absolute atomic E-state index is 0.0362. The van der Waals surface area contributed by atoms with Crippen molar-refractivity contribution in [2.24, 2.45) is 5.92 Å². The summed E-state index contributed by atoms with van der Waals surface area (Å²) in [6.45, 7) is 6.56. The fourth-order valence-corrected chi connectivity index (χ4v) is 3.52. The maximum Gasteiger partial charge on any atom is 0.184 e. The Balaban J connectivity index is 2.88. The van der Waals surface area contributed by atoms with Gasteiger partial charge < -0.3 is 11.1 Å². The molecule has 0 aliphatic rings. The SMILES string of the molecule is CCS(=O)(=O)c1c(N)nsc1NCCC(C)C. The van der Waals surface area contributed by atoms with Gasteiger partial charge in [0.25, 0.3) is 0 Å². The summed E-state index contributed by atoms with van der Waals surface area (Å²) < 4.78 is 27.6. The maximum absolute atomic E-state index is 11.8. The van der Waals surface area contributed by atoms with Crippen molar-refractivity contribution in [3.63, 3.8) is 0 Å². The number of hydrogen-bond acceptors (Lipinski definition) is 6. The van der Waals surface area contributed by atoms with E-state index in [4.69, 9.17) is 5.73 Å². The first-order valence-corrected chi connectivity index (χ1v) is 8.02. The van der Waals surface area contributed by atoms with Gasteiger partial charge in [0.1, 0.15) is 9.90 Å². The summed E-state index contributed by atoms with van der Waals surface area (Å²) in [5.74, 6) is 0.706. The average molecular weight is 277 g/mol. The lowest BCUT2D eigenvalue weighted by atomic mass is 10.1. The Morgan fingerprint density at radius 2 is 2.12 bits per heavy atom. The van der Waals surface area contributed by atoms with Crippen molar-refractivity contribution in [1.29, 1.82) is 0 Å². The molecule has 17 heavy (non-hydrogen) atoms. The van der Waals surface area contributed by atoms with Crippen LogP contribution in [0.4, 0.5) is 10.8 Å². The Labute approximate surface area is 107 Å². The Morgan fingerprint density at radius 3 is 2.65 bits per heavy atom. The number of sulfone groups is 1. The second-order valence-electron chi connectivity index (χ2n) is 4.24. The van der Waals surface area contributed by atoms with Crippen LogP contribution in [0, 0.1) is 5.92 Å². The van der Waals surface area contributed by atoms with Crippen LogP contribution < -0.4 is 11.1 Å². The third-order valence-corrected chi connectivity index (χ3v) is 5.12. The molecule has 0 radical (unpaired) electrons. The summed E-state index contributed by atoms with van der Waals surface area (Å²) in [7, 11) is -3.31. The number of nitrogen functional groups attached to an aromatic ring is 1. The molecule has 1 aromatic heterocycles. The minimum atomic E-state index is -3.31. The molecular weight excluding hydrogens is 258 g/mol. The molecule has 1 heterocycles. The fourth-order valence-electron chi connectivity index (χ4n) is 1.33. The van der Waals surface area contributed by atoms with Gasteiger partial charge in [0.05, 0.1) is 5.75 Å². The Hall–Kier alpha value is -0.820. The molecule has 0 bridgehead atoms. The highest BCUT2D eigenvalue weighted by atomic mass is 32.2. The molecule has 0 atom stereocenters. The van der Waals surface area contributed by atoms with Gasteiger partial charge in [0, 0.05) is 6.54 Å². The van der Waals surface area contributed by atoms with Gasteiger partial charge in [-0.05, 0) is 23.9 Å².